The highest BCUT2D eigenvalue weighted by atomic mass is 35.6. The van der Waals surface area contributed by atoms with E-state index in [0.717, 1.165) is 4.90 Å². The molecule has 0 bridgehead atoms. The van der Waals surface area contributed by atoms with Gasteiger partial charge in [0.05, 0.1) is 0 Å². The number of halogens is 4. The Bertz CT molecular complexity index is 645. The summed E-state index contributed by atoms with van der Waals surface area (Å²) in [5.74, 6) is -0.359. The largest absolute Gasteiger partial charge is 0.336 e. The molecule has 7 heteroatoms. The van der Waals surface area contributed by atoms with E-state index in [0.29, 0.717) is 10.6 Å². The van der Waals surface area contributed by atoms with Crippen molar-refractivity contribution in [3.63, 3.8) is 0 Å². The molecular formula is C15H11Cl4NOS. The maximum atomic E-state index is 12.3. The summed E-state index contributed by atoms with van der Waals surface area (Å²) in [6.45, 7) is 0. The third kappa shape index (κ3) is 5.25. The molecule has 1 amide bonds. The molecule has 1 unspecified atom stereocenters. The van der Waals surface area contributed by atoms with E-state index in [1.165, 1.54) is 11.8 Å². The maximum Gasteiger partial charge on any atom is 0.252 e. The zero-order valence-electron chi connectivity index (χ0n) is 11.1. The van der Waals surface area contributed by atoms with Crippen LogP contribution in [0.3, 0.4) is 0 Å². The molecule has 0 spiro atoms. The minimum atomic E-state index is -1.66. The first-order chi connectivity index (χ1) is 10.4. The van der Waals surface area contributed by atoms with Crippen molar-refractivity contribution in [1.82, 2.24) is 5.32 Å². The van der Waals surface area contributed by atoms with Crippen LogP contribution in [-0.2, 0) is 0 Å². The smallest absolute Gasteiger partial charge is 0.252 e. The summed E-state index contributed by atoms with van der Waals surface area (Å²) >= 11 is 25.1. The number of carbonyl (C=O) groups excluding carboxylic acids is 1. The highest BCUT2D eigenvalue weighted by Crippen LogP contribution is 2.39. The molecule has 116 valence electrons. The van der Waals surface area contributed by atoms with Gasteiger partial charge < -0.3 is 5.32 Å². The number of carbonyl (C=O) groups is 1. The van der Waals surface area contributed by atoms with Crippen LogP contribution in [0.5, 0.6) is 0 Å². The summed E-state index contributed by atoms with van der Waals surface area (Å²) in [5.41, 5.74) is 0.403. The first-order valence-corrected chi connectivity index (χ1v) is 8.60. The van der Waals surface area contributed by atoms with Crippen LogP contribution in [0.15, 0.2) is 59.5 Å². The highest BCUT2D eigenvalue weighted by Gasteiger charge is 2.35. The lowest BCUT2D eigenvalue weighted by Crippen LogP contribution is -2.41. The Morgan fingerprint density at radius 1 is 1.05 bits per heavy atom. The van der Waals surface area contributed by atoms with Crippen molar-refractivity contribution in [2.75, 3.05) is 0 Å². The van der Waals surface area contributed by atoms with Crippen LogP contribution in [0.2, 0.25) is 5.02 Å². The molecule has 22 heavy (non-hydrogen) atoms. The van der Waals surface area contributed by atoms with Gasteiger partial charge >= 0.3 is 0 Å². The van der Waals surface area contributed by atoms with E-state index in [9.17, 15) is 4.79 Å². The van der Waals surface area contributed by atoms with Gasteiger partial charge in [-0.3, -0.25) is 4.79 Å². The number of amides is 1. The number of nitrogens with one attached hydrogen (secondary N) is 1. The van der Waals surface area contributed by atoms with Gasteiger partial charge in [0.2, 0.25) is 3.79 Å². The molecule has 0 saturated heterocycles. The summed E-state index contributed by atoms with van der Waals surface area (Å²) < 4.78 is -1.66. The molecule has 0 saturated carbocycles. The van der Waals surface area contributed by atoms with Crippen LogP contribution in [-0.4, -0.2) is 15.1 Å². The second kappa shape index (κ2) is 7.80. The number of rotatable bonds is 4. The fraction of sp³-hybridized carbons (Fsp3) is 0.133. The standard InChI is InChI=1S/C15H11Cl4NOS/c16-11-6-4-5-10(9-11)13(21)20-14(15(17,18)19)22-12-7-2-1-3-8-12/h1-9,14H,(H,20,21). The van der Waals surface area contributed by atoms with E-state index >= 15 is 0 Å². The van der Waals surface area contributed by atoms with Crippen LogP contribution in [0.25, 0.3) is 0 Å². The Hall–Kier alpha value is -0.580. The lowest BCUT2D eigenvalue weighted by Gasteiger charge is -2.25. The van der Waals surface area contributed by atoms with E-state index in [4.69, 9.17) is 46.4 Å². The van der Waals surface area contributed by atoms with Crippen LogP contribution in [0.4, 0.5) is 0 Å². The predicted molar refractivity (Wildman–Crippen MR) is 95.3 cm³/mol. The van der Waals surface area contributed by atoms with Gasteiger partial charge in [-0.25, -0.2) is 0 Å². The zero-order valence-corrected chi connectivity index (χ0v) is 14.9. The highest BCUT2D eigenvalue weighted by molar-refractivity contribution is 8.00. The third-order valence-corrected chi connectivity index (χ3v) is 5.17. The Balaban J connectivity index is 2.15. The molecule has 0 fully saturated rings. The first kappa shape index (κ1) is 17.8. The summed E-state index contributed by atoms with van der Waals surface area (Å²) in [6.07, 6.45) is 0. The Morgan fingerprint density at radius 3 is 2.32 bits per heavy atom. The monoisotopic (exact) mass is 393 g/mol. The van der Waals surface area contributed by atoms with Gasteiger partial charge in [-0.05, 0) is 30.3 Å². The molecule has 0 radical (unpaired) electrons. The summed E-state index contributed by atoms with van der Waals surface area (Å²) in [5, 5.41) is 2.44. The molecular weight excluding hydrogens is 384 g/mol. The van der Waals surface area contributed by atoms with Crippen LogP contribution >= 0.6 is 58.2 Å². The predicted octanol–water partition coefficient (Wildman–Crippen LogP) is 5.56. The van der Waals surface area contributed by atoms with Gasteiger partial charge in [0.1, 0.15) is 5.37 Å². The molecule has 0 aliphatic heterocycles. The molecule has 2 nitrogen and oxygen atoms in total. The van der Waals surface area contributed by atoms with Crippen molar-refractivity contribution in [2.24, 2.45) is 0 Å². The minimum absolute atomic E-state index is 0.359. The molecule has 2 rings (SSSR count). The van der Waals surface area contributed by atoms with Gasteiger partial charge in [-0.2, -0.15) is 0 Å². The molecule has 2 aromatic rings. The van der Waals surface area contributed by atoms with Crippen molar-refractivity contribution >= 4 is 64.1 Å². The van der Waals surface area contributed by atoms with Crippen molar-refractivity contribution in [1.29, 1.82) is 0 Å². The lowest BCUT2D eigenvalue weighted by atomic mass is 10.2. The van der Waals surface area contributed by atoms with Crippen molar-refractivity contribution in [3.05, 3.63) is 65.2 Å². The Morgan fingerprint density at radius 2 is 1.73 bits per heavy atom. The van der Waals surface area contributed by atoms with Crippen molar-refractivity contribution in [2.45, 2.75) is 14.1 Å². The third-order valence-electron chi connectivity index (χ3n) is 2.64. The van der Waals surface area contributed by atoms with E-state index < -0.39 is 9.17 Å². The number of alkyl halides is 3. The summed E-state index contributed by atoms with van der Waals surface area (Å²) in [7, 11) is 0. The Kier molecular flexibility index (Phi) is 6.30. The number of thioether (sulfide) groups is 1. The van der Waals surface area contributed by atoms with Gasteiger partial charge in [0.25, 0.3) is 5.91 Å². The molecule has 0 aliphatic carbocycles. The van der Waals surface area contributed by atoms with Gasteiger partial charge in [0, 0.05) is 15.5 Å². The average Bonchev–Trinajstić information content (AvgIpc) is 2.46. The van der Waals surface area contributed by atoms with E-state index in [-0.39, 0.29) is 5.91 Å². The molecule has 1 N–H and O–H groups in total. The number of hydrogen-bond acceptors (Lipinski definition) is 2. The zero-order chi connectivity index (χ0) is 16.2. The second-order valence-corrected chi connectivity index (χ2v) is 8.32. The lowest BCUT2D eigenvalue weighted by molar-refractivity contribution is 0.0950. The normalized spacial score (nSPS) is 12.7. The maximum absolute atomic E-state index is 12.3. The molecule has 2 aromatic carbocycles. The molecule has 0 heterocycles. The van der Waals surface area contributed by atoms with E-state index in [1.807, 2.05) is 30.3 Å². The van der Waals surface area contributed by atoms with Gasteiger partial charge in [0.15, 0.2) is 0 Å². The van der Waals surface area contributed by atoms with Gasteiger partial charge in [-0.15, -0.1) is 0 Å². The van der Waals surface area contributed by atoms with E-state index in [1.54, 1.807) is 24.3 Å². The van der Waals surface area contributed by atoms with Crippen LogP contribution < -0.4 is 5.32 Å². The van der Waals surface area contributed by atoms with Crippen molar-refractivity contribution in [3.8, 4) is 0 Å². The van der Waals surface area contributed by atoms with Crippen LogP contribution in [0.1, 0.15) is 10.4 Å². The summed E-state index contributed by atoms with van der Waals surface area (Å²) in [4.78, 5) is 13.2. The quantitative estimate of drug-likeness (QED) is 0.417. The van der Waals surface area contributed by atoms with Crippen molar-refractivity contribution < 1.29 is 4.79 Å². The summed E-state index contributed by atoms with van der Waals surface area (Å²) in [6, 6.07) is 15.9. The SMILES string of the molecule is O=C(NC(Sc1ccccc1)C(Cl)(Cl)Cl)c1cccc(Cl)c1. The molecule has 0 aromatic heterocycles. The number of hydrogen-bond donors (Lipinski definition) is 1. The first-order valence-electron chi connectivity index (χ1n) is 6.21. The molecule has 0 aliphatic rings. The molecule has 1 atom stereocenters. The van der Waals surface area contributed by atoms with E-state index in [2.05, 4.69) is 5.32 Å². The fourth-order valence-electron chi connectivity index (χ4n) is 1.65. The Labute approximate surface area is 153 Å². The second-order valence-electron chi connectivity index (χ2n) is 4.34. The van der Waals surface area contributed by atoms with Crippen LogP contribution in [0, 0.1) is 0 Å². The minimum Gasteiger partial charge on any atom is -0.336 e. The topological polar surface area (TPSA) is 29.1 Å². The average molecular weight is 395 g/mol. The number of benzene rings is 2. The van der Waals surface area contributed by atoms with Gasteiger partial charge in [-0.1, -0.05) is 82.4 Å². The fourth-order valence-corrected chi connectivity index (χ4v) is 3.29.